The number of benzene rings is 6. The van der Waals surface area contributed by atoms with Crippen LogP contribution in [0.3, 0.4) is 0 Å². The van der Waals surface area contributed by atoms with Crippen LogP contribution in [0.5, 0.6) is 23.0 Å². The smallest absolute Gasteiger partial charge is 0.412 e. The molecule has 0 N–H and O–H groups in total. The lowest BCUT2D eigenvalue weighted by Crippen LogP contribution is -2.22. The monoisotopic (exact) mass is 736 g/mol. The molecule has 6 aromatic carbocycles. The molecule has 8 rings (SSSR count). The van der Waals surface area contributed by atoms with Gasteiger partial charge in [0.05, 0.1) is 10.6 Å². The molecule has 8 heteroatoms. The SMILES string of the molecule is C=CCc1cc(C(C)(C)c2ccc(OP3(=O)Oc4ccccc4-c4ccccc43)c(CC=C)c2)ccc1OP1(=O)Oc2ccccc2-c2ccccc21. The van der Waals surface area contributed by atoms with Gasteiger partial charge in [-0.25, -0.2) is 9.13 Å². The average molecular weight is 737 g/mol. The molecular formula is C45H38O6P2. The van der Waals surface area contributed by atoms with Gasteiger partial charge in [0.15, 0.2) is 0 Å². The molecule has 264 valence electrons. The summed E-state index contributed by atoms with van der Waals surface area (Å²) in [4.78, 5) is 0. The number of allylic oxidation sites excluding steroid dienone is 2. The van der Waals surface area contributed by atoms with Gasteiger partial charge in [0.25, 0.3) is 0 Å². The van der Waals surface area contributed by atoms with E-state index in [4.69, 9.17) is 18.1 Å². The first kappa shape index (κ1) is 34.5. The van der Waals surface area contributed by atoms with Crippen molar-refractivity contribution >= 4 is 25.8 Å². The molecular weight excluding hydrogens is 698 g/mol. The number of hydrogen-bond donors (Lipinski definition) is 0. The molecule has 0 saturated heterocycles. The van der Waals surface area contributed by atoms with Crippen molar-refractivity contribution in [1.29, 1.82) is 0 Å². The fourth-order valence-corrected chi connectivity index (χ4v) is 10.8. The van der Waals surface area contributed by atoms with E-state index in [0.29, 0.717) is 46.4 Å². The predicted molar refractivity (Wildman–Crippen MR) is 214 cm³/mol. The third kappa shape index (κ3) is 6.12. The third-order valence-corrected chi connectivity index (χ3v) is 13.6. The van der Waals surface area contributed by atoms with Gasteiger partial charge in [-0.05, 0) is 71.5 Å². The molecule has 2 aliphatic rings. The Morgan fingerprint density at radius 3 is 1.34 bits per heavy atom. The van der Waals surface area contributed by atoms with Crippen molar-refractivity contribution in [2.24, 2.45) is 0 Å². The van der Waals surface area contributed by atoms with Gasteiger partial charge in [-0.2, -0.15) is 0 Å². The Kier molecular flexibility index (Phi) is 8.77. The summed E-state index contributed by atoms with van der Waals surface area (Å²) in [5, 5.41) is 1.05. The Bertz CT molecular complexity index is 2350. The topological polar surface area (TPSA) is 71.1 Å². The summed E-state index contributed by atoms with van der Waals surface area (Å²) in [6.45, 7) is 12.3. The fourth-order valence-electron chi connectivity index (χ4n) is 7.08. The highest BCUT2D eigenvalue weighted by atomic mass is 31.2. The van der Waals surface area contributed by atoms with E-state index < -0.39 is 20.6 Å². The Hall–Kier alpha value is -5.54. The van der Waals surface area contributed by atoms with Gasteiger partial charge in [-0.3, -0.25) is 0 Å². The first-order chi connectivity index (χ1) is 25.6. The van der Waals surface area contributed by atoms with E-state index in [-0.39, 0.29) is 0 Å². The quantitative estimate of drug-likeness (QED) is 0.103. The van der Waals surface area contributed by atoms with E-state index >= 15 is 0 Å². The molecule has 0 aliphatic carbocycles. The molecule has 0 bridgehead atoms. The number of fused-ring (bicyclic) bond motifs is 6. The zero-order valence-corrected chi connectivity index (χ0v) is 31.3. The molecule has 0 spiro atoms. The molecule has 0 amide bonds. The predicted octanol–water partition coefficient (Wildman–Crippen LogP) is 11.4. The van der Waals surface area contributed by atoms with Gasteiger partial charge in [-0.15, -0.1) is 13.2 Å². The second kappa shape index (κ2) is 13.5. The minimum absolute atomic E-state index is 0.470. The van der Waals surface area contributed by atoms with Gasteiger partial charge in [-0.1, -0.05) is 123 Å². The van der Waals surface area contributed by atoms with Crippen LogP contribution in [0, 0.1) is 0 Å². The molecule has 0 fully saturated rings. The molecule has 2 aliphatic heterocycles. The number of hydrogen-bond acceptors (Lipinski definition) is 6. The van der Waals surface area contributed by atoms with Crippen LogP contribution in [-0.4, -0.2) is 0 Å². The van der Waals surface area contributed by atoms with E-state index in [1.54, 1.807) is 24.3 Å². The van der Waals surface area contributed by atoms with Crippen LogP contribution in [0.2, 0.25) is 0 Å². The average Bonchev–Trinajstić information content (AvgIpc) is 3.16. The van der Waals surface area contributed by atoms with Crippen LogP contribution in [0.4, 0.5) is 0 Å². The molecule has 2 heterocycles. The standard InChI is InChI=1S/C45H38O6P2/c1-5-15-31-29-33(25-27-39(31)48-52(46)43-23-13-9-19-37(43)35-17-7-11-21-41(35)50-52)45(3,4)34-26-28-40(32(30-34)16-6-2)49-53(47)44-24-14-10-20-38(44)36-18-8-12-22-42(36)51-53/h5-14,17-30H,1-2,15-16H2,3-4H3. The Morgan fingerprint density at radius 1 is 0.547 bits per heavy atom. The van der Waals surface area contributed by atoms with Gasteiger partial charge < -0.3 is 18.1 Å². The fraction of sp³-hybridized carbons (Fsp3) is 0.111. The number of rotatable bonds is 10. The highest BCUT2D eigenvalue weighted by molar-refractivity contribution is 7.63. The molecule has 0 aromatic heterocycles. The second-order valence-corrected chi connectivity index (χ2v) is 17.3. The Balaban J connectivity index is 1.12. The van der Waals surface area contributed by atoms with Crippen LogP contribution in [0.15, 0.2) is 159 Å². The molecule has 0 radical (unpaired) electrons. The van der Waals surface area contributed by atoms with E-state index in [1.807, 2.05) is 109 Å². The second-order valence-electron chi connectivity index (χ2n) is 13.6. The van der Waals surface area contributed by atoms with Gasteiger partial charge in [0.1, 0.15) is 23.0 Å². The third-order valence-electron chi connectivity index (χ3n) is 9.92. The molecule has 6 nitrogen and oxygen atoms in total. The maximum atomic E-state index is 14.6. The highest BCUT2D eigenvalue weighted by Gasteiger charge is 2.41. The summed E-state index contributed by atoms with van der Waals surface area (Å²) in [7, 11) is -7.58. The lowest BCUT2D eigenvalue weighted by Gasteiger charge is -2.31. The van der Waals surface area contributed by atoms with E-state index in [1.165, 1.54) is 0 Å². The zero-order chi connectivity index (χ0) is 36.8. The summed E-state index contributed by atoms with van der Waals surface area (Å²) in [5.74, 6) is 1.98. The van der Waals surface area contributed by atoms with Crippen molar-refractivity contribution in [2.75, 3.05) is 0 Å². The summed E-state index contributed by atoms with van der Waals surface area (Å²) in [5.41, 5.74) is 6.62. The Labute approximate surface area is 310 Å². The van der Waals surface area contributed by atoms with Crippen LogP contribution in [0.1, 0.15) is 36.1 Å². The van der Waals surface area contributed by atoms with E-state index in [9.17, 15) is 9.13 Å². The number of para-hydroxylation sites is 2. The molecule has 53 heavy (non-hydrogen) atoms. The lowest BCUT2D eigenvalue weighted by molar-refractivity contribution is 0.395. The van der Waals surface area contributed by atoms with Gasteiger partial charge >= 0.3 is 15.2 Å². The van der Waals surface area contributed by atoms with Crippen molar-refractivity contribution in [3.8, 4) is 45.3 Å². The van der Waals surface area contributed by atoms with Gasteiger partial charge in [0, 0.05) is 27.7 Å². The summed E-state index contributed by atoms with van der Waals surface area (Å²) in [6, 6.07) is 42.0. The molecule has 2 atom stereocenters. The first-order valence-electron chi connectivity index (χ1n) is 17.5. The molecule has 2 unspecified atom stereocenters. The van der Waals surface area contributed by atoms with Crippen molar-refractivity contribution in [1.82, 2.24) is 0 Å². The first-order valence-corrected chi connectivity index (χ1v) is 20.6. The largest absolute Gasteiger partial charge is 0.463 e. The van der Waals surface area contributed by atoms with Crippen molar-refractivity contribution in [2.45, 2.75) is 32.1 Å². The van der Waals surface area contributed by atoms with Crippen molar-refractivity contribution < 1.29 is 27.2 Å². The molecule has 0 saturated carbocycles. The zero-order valence-electron chi connectivity index (χ0n) is 29.5. The highest BCUT2D eigenvalue weighted by Crippen LogP contribution is 2.57. The van der Waals surface area contributed by atoms with Gasteiger partial charge in [0.2, 0.25) is 0 Å². The van der Waals surface area contributed by atoms with Crippen molar-refractivity contribution in [3.63, 3.8) is 0 Å². The van der Waals surface area contributed by atoms with Crippen LogP contribution in [-0.2, 0) is 27.4 Å². The summed E-state index contributed by atoms with van der Waals surface area (Å²) in [6.07, 6.45) is 4.59. The van der Waals surface area contributed by atoms with Crippen LogP contribution in [0.25, 0.3) is 22.3 Å². The minimum atomic E-state index is -3.79. The Morgan fingerprint density at radius 2 is 0.925 bits per heavy atom. The minimum Gasteiger partial charge on any atom is -0.412 e. The summed E-state index contributed by atoms with van der Waals surface area (Å²) < 4.78 is 54.2. The normalized spacial score (nSPS) is 18.2. The summed E-state index contributed by atoms with van der Waals surface area (Å²) >= 11 is 0. The van der Waals surface area contributed by atoms with E-state index in [0.717, 1.165) is 44.5 Å². The van der Waals surface area contributed by atoms with Crippen LogP contribution < -0.4 is 28.7 Å². The van der Waals surface area contributed by atoms with Crippen molar-refractivity contribution in [3.05, 3.63) is 181 Å². The van der Waals surface area contributed by atoms with Crippen LogP contribution >= 0.6 is 15.2 Å². The lowest BCUT2D eigenvalue weighted by atomic mass is 9.77. The van der Waals surface area contributed by atoms with E-state index in [2.05, 4.69) is 39.1 Å². The molecule has 6 aromatic rings. The maximum Gasteiger partial charge on any atom is 0.463 e. The maximum absolute atomic E-state index is 14.6.